The van der Waals surface area contributed by atoms with Gasteiger partial charge in [0.25, 0.3) is 0 Å². The van der Waals surface area contributed by atoms with Crippen LogP contribution >= 0.6 is 0 Å². The van der Waals surface area contributed by atoms with Crippen molar-refractivity contribution in [2.45, 2.75) is 52.8 Å². The SMILES string of the molecule is CCCOC(CC)C(C)(C)C(F)(F)F. The molecule has 0 fully saturated rings. The summed E-state index contributed by atoms with van der Waals surface area (Å²) in [7, 11) is 0. The molecule has 0 aromatic heterocycles. The van der Waals surface area contributed by atoms with Gasteiger partial charge >= 0.3 is 6.18 Å². The Morgan fingerprint density at radius 3 is 1.93 bits per heavy atom. The van der Waals surface area contributed by atoms with Gasteiger partial charge < -0.3 is 4.74 Å². The highest BCUT2D eigenvalue weighted by Gasteiger charge is 2.52. The lowest BCUT2D eigenvalue weighted by atomic mass is 9.84. The minimum Gasteiger partial charge on any atom is -0.377 e. The Bertz CT molecular complexity index is 163. The van der Waals surface area contributed by atoms with Crippen LogP contribution < -0.4 is 0 Å². The fourth-order valence-corrected chi connectivity index (χ4v) is 1.28. The summed E-state index contributed by atoms with van der Waals surface area (Å²) in [5.74, 6) is 0. The summed E-state index contributed by atoms with van der Waals surface area (Å²) in [4.78, 5) is 0. The van der Waals surface area contributed by atoms with Gasteiger partial charge in [0.15, 0.2) is 0 Å². The van der Waals surface area contributed by atoms with Gasteiger partial charge in [-0.25, -0.2) is 0 Å². The Labute approximate surface area is 83.6 Å². The topological polar surface area (TPSA) is 9.23 Å². The molecule has 4 heteroatoms. The maximum atomic E-state index is 12.6. The normalized spacial score (nSPS) is 15.6. The molecule has 0 bridgehead atoms. The van der Waals surface area contributed by atoms with E-state index in [1.54, 1.807) is 6.92 Å². The van der Waals surface area contributed by atoms with E-state index < -0.39 is 17.7 Å². The van der Waals surface area contributed by atoms with E-state index in [-0.39, 0.29) is 0 Å². The van der Waals surface area contributed by atoms with Crippen molar-refractivity contribution >= 4 is 0 Å². The molecule has 1 unspecified atom stereocenters. The first kappa shape index (κ1) is 13.8. The van der Waals surface area contributed by atoms with E-state index in [4.69, 9.17) is 4.74 Å². The van der Waals surface area contributed by atoms with E-state index in [0.717, 1.165) is 6.42 Å². The van der Waals surface area contributed by atoms with E-state index in [2.05, 4.69) is 0 Å². The second-order valence-corrected chi connectivity index (χ2v) is 3.99. The van der Waals surface area contributed by atoms with E-state index in [0.29, 0.717) is 13.0 Å². The highest BCUT2D eigenvalue weighted by Crippen LogP contribution is 2.42. The van der Waals surface area contributed by atoms with Crippen molar-refractivity contribution in [2.24, 2.45) is 5.41 Å². The van der Waals surface area contributed by atoms with Crippen molar-refractivity contribution < 1.29 is 17.9 Å². The van der Waals surface area contributed by atoms with Gasteiger partial charge in [-0.05, 0) is 26.7 Å². The molecule has 0 heterocycles. The van der Waals surface area contributed by atoms with Gasteiger partial charge in [-0.15, -0.1) is 0 Å². The summed E-state index contributed by atoms with van der Waals surface area (Å²) in [6.45, 7) is 6.37. The third-order valence-electron chi connectivity index (χ3n) is 2.43. The lowest BCUT2D eigenvalue weighted by molar-refractivity contribution is -0.249. The molecule has 0 aliphatic rings. The first-order chi connectivity index (χ1) is 6.27. The zero-order valence-electron chi connectivity index (χ0n) is 9.24. The molecule has 0 aromatic carbocycles. The van der Waals surface area contributed by atoms with Crippen LogP contribution in [0.25, 0.3) is 0 Å². The van der Waals surface area contributed by atoms with E-state index in [1.165, 1.54) is 13.8 Å². The maximum absolute atomic E-state index is 12.6. The first-order valence-corrected chi connectivity index (χ1v) is 4.95. The standard InChI is InChI=1S/C10H19F3O/c1-5-7-14-8(6-2)9(3,4)10(11,12)13/h8H,5-7H2,1-4H3. The Morgan fingerprint density at radius 2 is 1.64 bits per heavy atom. The van der Waals surface area contributed by atoms with Crippen molar-refractivity contribution in [3.63, 3.8) is 0 Å². The van der Waals surface area contributed by atoms with Crippen LogP contribution in [0.2, 0.25) is 0 Å². The smallest absolute Gasteiger partial charge is 0.377 e. The molecule has 86 valence electrons. The molecule has 0 saturated carbocycles. The van der Waals surface area contributed by atoms with Crippen LogP contribution in [-0.2, 0) is 4.74 Å². The highest BCUT2D eigenvalue weighted by atomic mass is 19.4. The largest absolute Gasteiger partial charge is 0.396 e. The lowest BCUT2D eigenvalue weighted by Gasteiger charge is -2.35. The second-order valence-electron chi connectivity index (χ2n) is 3.99. The summed E-state index contributed by atoms with van der Waals surface area (Å²) < 4.78 is 43.1. The molecule has 0 amide bonds. The van der Waals surface area contributed by atoms with Crippen LogP contribution in [0.1, 0.15) is 40.5 Å². The van der Waals surface area contributed by atoms with Crippen molar-refractivity contribution in [1.82, 2.24) is 0 Å². The van der Waals surface area contributed by atoms with Gasteiger partial charge in [-0.3, -0.25) is 0 Å². The molecule has 1 atom stereocenters. The Hall–Kier alpha value is -0.250. The Morgan fingerprint density at radius 1 is 1.14 bits per heavy atom. The number of alkyl halides is 3. The van der Waals surface area contributed by atoms with Crippen molar-refractivity contribution in [1.29, 1.82) is 0 Å². The van der Waals surface area contributed by atoms with Crippen LogP contribution in [0, 0.1) is 5.41 Å². The van der Waals surface area contributed by atoms with Crippen molar-refractivity contribution in [3.05, 3.63) is 0 Å². The van der Waals surface area contributed by atoms with Gasteiger partial charge in [0, 0.05) is 6.61 Å². The third kappa shape index (κ3) is 3.15. The number of hydrogen-bond donors (Lipinski definition) is 0. The van der Waals surface area contributed by atoms with Crippen LogP contribution in [0.3, 0.4) is 0 Å². The van der Waals surface area contributed by atoms with Crippen molar-refractivity contribution in [2.75, 3.05) is 6.61 Å². The fourth-order valence-electron chi connectivity index (χ4n) is 1.28. The number of hydrogen-bond acceptors (Lipinski definition) is 1. The van der Waals surface area contributed by atoms with Gasteiger partial charge in [0.05, 0.1) is 11.5 Å². The van der Waals surface area contributed by atoms with E-state index in [9.17, 15) is 13.2 Å². The lowest BCUT2D eigenvalue weighted by Crippen LogP contribution is -2.44. The zero-order chi connectivity index (χ0) is 11.4. The van der Waals surface area contributed by atoms with Crippen molar-refractivity contribution in [3.8, 4) is 0 Å². The number of ether oxygens (including phenoxy) is 1. The monoisotopic (exact) mass is 212 g/mol. The summed E-state index contributed by atoms with van der Waals surface area (Å²) in [6, 6.07) is 0. The quantitative estimate of drug-likeness (QED) is 0.673. The molecule has 0 radical (unpaired) electrons. The summed E-state index contributed by atoms with van der Waals surface area (Å²) in [6.07, 6.45) is -3.83. The molecular weight excluding hydrogens is 193 g/mol. The predicted octanol–water partition coefficient (Wildman–Crippen LogP) is 3.78. The average molecular weight is 212 g/mol. The van der Waals surface area contributed by atoms with Gasteiger partial charge in [0.1, 0.15) is 0 Å². The number of rotatable bonds is 5. The Kier molecular flexibility index (Phi) is 4.92. The van der Waals surface area contributed by atoms with Gasteiger partial charge in [0.2, 0.25) is 0 Å². The summed E-state index contributed by atoms with van der Waals surface area (Å²) >= 11 is 0. The molecule has 0 aromatic rings. The van der Waals surface area contributed by atoms with Crippen LogP contribution in [0.5, 0.6) is 0 Å². The molecular formula is C10H19F3O. The van der Waals surface area contributed by atoms with E-state index >= 15 is 0 Å². The second kappa shape index (κ2) is 5.01. The molecule has 0 aliphatic heterocycles. The van der Waals surface area contributed by atoms with E-state index in [1.807, 2.05) is 6.92 Å². The third-order valence-corrected chi connectivity index (χ3v) is 2.43. The molecule has 1 nitrogen and oxygen atoms in total. The molecule has 0 spiro atoms. The molecule has 0 rings (SSSR count). The molecule has 0 aliphatic carbocycles. The highest BCUT2D eigenvalue weighted by molar-refractivity contribution is 4.85. The summed E-state index contributed by atoms with van der Waals surface area (Å²) in [5.41, 5.74) is -1.77. The zero-order valence-corrected chi connectivity index (χ0v) is 9.24. The minimum absolute atomic E-state index is 0.381. The fraction of sp³-hybridized carbons (Fsp3) is 1.00. The number of halogens is 3. The maximum Gasteiger partial charge on any atom is 0.396 e. The van der Waals surface area contributed by atoms with Gasteiger partial charge in [-0.1, -0.05) is 13.8 Å². The molecule has 14 heavy (non-hydrogen) atoms. The van der Waals surface area contributed by atoms with Crippen LogP contribution in [0.4, 0.5) is 13.2 Å². The summed E-state index contributed by atoms with van der Waals surface area (Å²) in [5, 5.41) is 0. The Balaban J connectivity index is 4.49. The van der Waals surface area contributed by atoms with Crippen LogP contribution in [0.15, 0.2) is 0 Å². The van der Waals surface area contributed by atoms with Gasteiger partial charge in [-0.2, -0.15) is 13.2 Å². The molecule has 0 N–H and O–H groups in total. The minimum atomic E-state index is -4.21. The first-order valence-electron chi connectivity index (χ1n) is 4.95. The van der Waals surface area contributed by atoms with Crippen LogP contribution in [-0.4, -0.2) is 18.9 Å². The predicted molar refractivity (Wildman–Crippen MR) is 50.2 cm³/mol. The molecule has 0 saturated heterocycles. The average Bonchev–Trinajstić information content (AvgIpc) is 2.03.